The van der Waals surface area contributed by atoms with E-state index in [1.165, 1.54) is 23.9 Å². The van der Waals surface area contributed by atoms with Gasteiger partial charge in [0.25, 0.3) is 11.8 Å². The fourth-order valence-corrected chi connectivity index (χ4v) is 1.79. The van der Waals surface area contributed by atoms with Crippen LogP contribution in [0.4, 0.5) is 0 Å². The van der Waals surface area contributed by atoms with E-state index < -0.39 is 6.00 Å². The highest BCUT2D eigenvalue weighted by atomic mass is 35.9. The number of hydrogen-bond donors (Lipinski definition) is 0. The number of nitrogens with zero attached hydrogens (tertiary/aromatic N) is 2. The maximum atomic E-state index is 11.1. The molecule has 84 valence electrons. The molecule has 0 radical (unpaired) electrons. The Hall–Kier alpha value is -0.350. The van der Waals surface area contributed by atoms with Crippen LogP contribution >= 0.6 is 28.5 Å². The predicted molar refractivity (Wildman–Crippen MR) is 57.8 cm³/mol. The average Bonchev–Trinajstić information content (AvgIpc) is 2.41. The van der Waals surface area contributed by atoms with Crippen LogP contribution in [-0.4, -0.2) is 41.5 Å². The van der Waals surface area contributed by atoms with Gasteiger partial charge in [-0.05, 0) is 29.5 Å². The Morgan fingerprint density at radius 2 is 1.80 bits per heavy atom. The van der Waals surface area contributed by atoms with Crippen LogP contribution < -0.4 is 0 Å². The molecule has 1 aliphatic rings. The summed E-state index contributed by atoms with van der Waals surface area (Å²) in [5.41, 5.74) is 0. The van der Waals surface area contributed by atoms with Gasteiger partial charge in [0.15, 0.2) is 0 Å². The summed E-state index contributed by atoms with van der Waals surface area (Å²) in [6, 6.07) is 0. The highest BCUT2D eigenvalue weighted by Crippen LogP contribution is 2.58. The SMILES string of the molecule is CN(CCN1C(=O)C=CC1=O)P(=O)(Cl)Cl. The summed E-state index contributed by atoms with van der Waals surface area (Å²) in [6.45, 7) is 0.286. The van der Waals surface area contributed by atoms with E-state index in [0.29, 0.717) is 0 Å². The molecule has 2 amide bonds. The molecule has 1 aliphatic heterocycles. The van der Waals surface area contributed by atoms with Gasteiger partial charge in [-0.1, -0.05) is 0 Å². The number of halogens is 2. The van der Waals surface area contributed by atoms with E-state index in [-0.39, 0.29) is 24.9 Å². The molecular formula is C7H9Cl2N2O3P. The molecule has 0 saturated carbocycles. The Morgan fingerprint density at radius 1 is 1.33 bits per heavy atom. The Bertz CT molecular complexity index is 347. The van der Waals surface area contributed by atoms with Crippen LogP contribution in [0.5, 0.6) is 0 Å². The second-order valence-corrected chi connectivity index (χ2v) is 7.80. The third-order valence-corrected chi connectivity index (χ3v) is 4.49. The third-order valence-electron chi connectivity index (χ3n) is 1.95. The largest absolute Gasteiger partial charge is 0.321 e. The number of imide groups is 1. The minimum atomic E-state index is -3.34. The van der Waals surface area contributed by atoms with E-state index in [1.54, 1.807) is 0 Å². The molecule has 0 atom stereocenters. The van der Waals surface area contributed by atoms with Crippen LogP contribution in [0.1, 0.15) is 0 Å². The maximum absolute atomic E-state index is 11.1. The summed E-state index contributed by atoms with van der Waals surface area (Å²) < 4.78 is 12.3. The standard InChI is InChI=1S/C7H9Cl2N2O3P/c1-10(15(8,9)14)4-5-11-6(12)2-3-7(11)13/h2-3H,4-5H2,1H3. The maximum Gasteiger partial charge on any atom is 0.321 e. The third kappa shape index (κ3) is 3.31. The first-order valence-corrected chi connectivity index (χ1v) is 7.54. The lowest BCUT2D eigenvalue weighted by molar-refractivity contribution is -0.136. The molecule has 0 fully saturated rings. The van der Waals surface area contributed by atoms with Crippen molar-refractivity contribution >= 4 is 40.3 Å². The first-order chi connectivity index (χ1) is 6.82. The molecule has 1 rings (SSSR count). The lowest BCUT2D eigenvalue weighted by atomic mass is 10.5. The molecule has 0 aliphatic carbocycles. The zero-order valence-corrected chi connectivity index (χ0v) is 10.3. The van der Waals surface area contributed by atoms with E-state index in [9.17, 15) is 14.2 Å². The fourth-order valence-electron chi connectivity index (χ4n) is 1.01. The van der Waals surface area contributed by atoms with Gasteiger partial charge in [0.2, 0.25) is 0 Å². The molecule has 0 aromatic rings. The highest BCUT2D eigenvalue weighted by Gasteiger charge is 2.26. The van der Waals surface area contributed by atoms with Crippen molar-refractivity contribution in [1.29, 1.82) is 0 Å². The predicted octanol–water partition coefficient (Wildman–Crippen LogP) is 1.43. The molecule has 0 spiro atoms. The van der Waals surface area contributed by atoms with Gasteiger partial charge in [0.05, 0.1) is 0 Å². The number of hydrogen-bond acceptors (Lipinski definition) is 3. The van der Waals surface area contributed by atoms with Crippen molar-refractivity contribution in [3.05, 3.63) is 12.2 Å². The Morgan fingerprint density at radius 3 is 2.20 bits per heavy atom. The van der Waals surface area contributed by atoms with E-state index in [0.717, 1.165) is 4.90 Å². The molecule has 8 heteroatoms. The Kier molecular flexibility index (Phi) is 3.95. The van der Waals surface area contributed by atoms with Crippen molar-refractivity contribution in [3.8, 4) is 0 Å². The van der Waals surface area contributed by atoms with Gasteiger partial charge in [-0.3, -0.25) is 19.1 Å². The summed E-state index contributed by atoms with van der Waals surface area (Å²) in [5, 5.41) is 0. The molecule has 0 aromatic carbocycles. The number of rotatable bonds is 4. The van der Waals surface area contributed by atoms with Crippen LogP contribution in [0.3, 0.4) is 0 Å². The quantitative estimate of drug-likeness (QED) is 0.573. The number of likely N-dealkylation sites (N-methyl/N-ethyl adjacent to an activating group) is 1. The molecule has 0 N–H and O–H groups in total. The molecular weight excluding hydrogens is 262 g/mol. The zero-order chi connectivity index (χ0) is 11.6. The van der Waals surface area contributed by atoms with Gasteiger partial charge in [-0.25, -0.2) is 4.67 Å². The molecule has 15 heavy (non-hydrogen) atoms. The summed E-state index contributed by atoms with van der Waals surface area (Å²) in [6.07, 6.45) is 2.37. The topological polar surface area (TPSA) is 57.7 Å². The molecule has 1 heterocycles. The summed E-state index contributed by atoms with van der Waals surface area (Å²) in [4.78, 5) is 23.3. The van der Waals surface area contributed by atoms with Gasteiger partial charge in [-0.15, -0.1) is 0 Å². The Balaban J connectivity index is 2.48. The fraction of sp³-hybridized carbons (Fsp3) is 0.429. The second-order valence-electron chi connectivity index (χ2n) is 2.98. The van der Waals surface area contributed by atoms with Gasteiger partial charge >= 0.3 is 6.00 Å². The van der Waals surface area contributed by atoms with Gasteiger partial charge in [0.1, 0.15) is 0 Å². The molecule has 0 saturated heterocycles. The van der Waals surface area contributed by atoms with Crippen molar-refractivity contribution in [2.45, 2.75) is 0 Å². The van der Waals surface area contributed by atoms with Crippen LogP contribution in [-0.2, 0) is 14.2 Å². The minimum Gasteiger partial charge on any atom is -0.274 e. The van der Waals surface area contributed by atoms with Crippen molar-refractivity contribution < 1.29 is 14.2 Å². The van der Waals surface area contributed by atoms with Crippen LogP contribution in [0.15, 0.2) is 12.2 Å². The van der Waals surface area contributed by atoms with Crippen LogP contribution in [0.25, 0.3) is 0 Å². The summed E-state index contributed by atoms with van der Waals surface area (Å²) in [5.74, 6) is -4.11. The van der Waals surface area contributed by atoms with Crippen molar-refractivity contribution in [1.82, 2.24) is 9.57 Å². The van der Waals surface area contributed by atoms with Crippen molar-refractivity contribution in [3.63, 3.8) is 0 Å². The van der Waals surface area contributed by atoms with Gasteiger partial charge in [-0.2, -0.15) is 0 Å². The lowest BCUT2D eigenvalue weighted by Gasteiger charge is -2.20. The molecule has 0 aromatic heterocycles. The minimum absolute atomic E-state index is 0.116. The first-order valence-electron chi connectivity index (χ1n) is 4.07. The smallest absolute Gasteiger partial charge is 0.274 e. The normalized spacial score (nSPS) is 16.9. The Labute approximate surface area is 96.6 Å². The monoisotopic (exact) mass is 270 g/mol. The molecule has 0 bridgehead atoms. The summed E-state index contributed by atoms with van der Waals surface area (Å²) in [7, 11) is 1.46. The summed E-state index contributed by atoms with van der Waals surface area (Å²) >= 11 is 10.8. The van der Waals surface area contributed by atoms with Gasteiger partial charge < -0.3 is 0 Å². The zero-order valence-electron chi connectivity index (χ0n) is 7.89. The number of carbonyl (C=O) groups is 2. The van der Waals surface area contributed by atoms with Crippen LogP contribution in [0.2, 0.25) is 0 Å². The van der Waals surface area contributed by atoms with Gasteiger partial charge in [0, 0.05) is 25.2 Å². The van der Waals surface area contributed by atoms with E-state index in [2.05, 4.69) is 0 Å². The van der Waals surface area contributed by atoms with Crippen LogP contribution in [0, 0.1) is 0 Å². The number of amides is 2. The van der Waals surface area contributed by atoms with E-state index in [4.69, 9.17) is 22.5 Å². The first kappa shape index (κ1) is 12.7. The second kappa shape index (κ2) is 4.66. The highest BCUT2D eigenvalue weighted by molar-refractivity contribution is 8.06. The van der Waals surface area contributed by atoms with Crippen molar-refractivity contribution in [2.75, 3.05) is 20.1 Å². The lowest BCUT2D eigenvalue weighted by Crippen LogP contribution is -2.35. The molecule has 5 nitrogen and oxygen atoms in total. The molecule has 0 unspecified atom stereocenters. The number of carbonyl (C=O) groups excluding carboxylic acids is 2. The van der Waals surface area contributed by atoms with E-state index >= 15 is 0 Å². The van der Waals surface area contributed by atoms with E-state index in [1.807, 2.05) is 0 Å². The average molecular weight is 271 g/mol. The van der Waals surface area contributed by atoms with Crippen molar-refractivity contribution in [2.24, 2.45) is 0 Å².